The van der Waals surface area contributed by atoms with E-state index in [0.29, 0.717) is 28.6 Å². The zero-order valence-electron chi connectivity index (χ0n) is 20.1. The molecule has 1 aromatic heterocycles. The van der Waals surface area contributed by atoms with Gasteiger partial charge in [-0.05, 0) is 29.3 Å². The molecule has 3 fully saturated rings. The van der Waals surface area contributed by atoms with Crippen molar-refractivity contribution < 1.29 is 18.7 Å². The predicted octanol–water partition coefficient (Wildman–Crippen LogP) is 5.17. The van der Waals surface area contributed by atoms with E-state index in [9.17, 15) is 5.11 Å². The molecule has 3 aromatic carbocycles. The van der Waals surface area contributed by atoms with Crippen LogP contribution in [0, 0.1) is 5.92 Å². The molecule has 0 radical (unpaired) electrons. The molecule has 5 nitrogen and oxygen atoms in total. The van der Waals surface area contributed by atoms with Crippen LogP contribution in [0.2, 0.25) is 5.02 Å². The lowest BCUT2D eigenvalue weighted by molar-refractivity contribution is -0.958. The maximum atomic E-state index is 14.5. The van der Waals surface area contributed by atoms with E-state index in [1.54, 1.807) is 6.20 Å². The summed E-state index contributed by atoms with van der Waals surface area (Å²) in [6.45, 7) is 3.77. The van der Waals surface area contributed by atoms with Crippen LogP contribution in [0.4, 0.5) is 0 Å². The van der Waals surface area contributed by atoms with Crippen LogP contribution in [-0.4, -0.2) is 35.2 Å². The molecule has 0 unspecified atom stereocenters. The number of nitrogens with zero attached hydrogens (tertiary/aromatic N) is 2. The zero-order valence-corrected chi connectivity index (χ0v) is 20.8. The molecule has 0 spiro atoms. The van der Waals surface area contributed by atoms with Crippen LogP contribution in [0.5, 0.6) is 5.75 Å². The Kier molecular flexibility index (Phi) is 6.08. The summed E-state index contributed by atoms with van der Waals surface area (Å²) in [6, 6.07) is 26.4. The average Bonchev–Trinajstić information content (AvgIpc) is 3.38. The van der Waals surface area contributed by atoms with Crippen LogP contribution in [0.3, 0.4) is 0 Å². The molecule has 1 atom stereocenters. The molecule has 4 aromatic rings. The van der Waals surface area contributed by atoms with Crippen molar-refractivity contribution in [2.45, 2.75) is 31.1 Å². The number of rotatable bonds is 7. The van der Waals surface area contributed by atoms with Crippen LogP contribution in [-0.2, 0) is 12.1 Å². The number of fused-ring (bicyclic) bond motifs is 3. The molecule has 3 saturated heterocycles. The van der Waals surface area contributed by atoms with E-state index >= 15 is 0 Å². The lowest BCUT2D eigenvalue weighted by Gasteiger charge is -2.51. The maximum Gasteiger partial charge on any atom is 0.193 e. The fourth-order valence-electron chi connectivity index (χ4n) is 5.93. The highest BCUT2D eigenvalue weighted by molar-refractivity contribution is 6.30. The highest BCUT2D eigenvalue weighted by Crippen LogP contribution is 2.39. The lowest BCUT2D eigenvalue weighted by atomic mass is 9.83. The number of halogens is 1. The van der Waals surface area contributed by atoms with Crippen molar-refractivity contribution in [1.29, 1.82) is 0 Å². The topological polar surface area (TPSA) is 58.3 Å². The second-order valence-corrected chi connectivity index (χ2v) is 10.6. The van der Waals surface area contributed by atoms with Gasteiger partial charge in [-0.15, -0.1) is 0 Å². The van der Waals surface area contributed by atoms with Gasteiger partial charge in [0, 0.05) is 29.4 Å². The van der Waals surface area contributed by atoms with Gasteiger partial charge in [0.05, 0.1) is 19.3 Å². The fraction of sp³-hybridized carbons (Fsp3) is 0.300. The van der Waals surface area contributed by atoms with Gasteiger partial charge in [0.25, 0.3) is 0 Å². The molecule has 0 amide bonds. The van der Waals surface area contributed by atoms with E-state index < -0.39 is 5.60 Å². The van der Waals surface area contributed by atoms with Gasteiger partial charge in [0.15, 0.2) is 17.8 Å². The number of oxazole rings is 1. The van der Waals surface area contributed by atoms with Gasteiger partial charge in [-0.3, -0.25) is 0 Å². The fourth-order valence-corrected chi connectivity index (χ4v) is 6.11. The summed E-state index contributed by atoms with van der Waals surface area (Å²) in [5.41, 5.74) is -0.482. The molecule has 0 N–H and O–H groups in total. The Morgan fingerprint density at radius 3 is 2.25 bits per heavy atom. The molecular formula is C30H29ClN2O3. The minimum Gasteiger partial charge on any atom is -0.836 e. The van der Waals surface area contributed by atoms with Crippen LogP contribution >= 0.6 is 11.6 Å². The van der Waals surface area contributed by atoms with Crippen molar-refractivity contribution in [2.24, 2.45) is 5.92 Å². The first-order valence-corrected chi connectivity index (χ1v) is 13.0. The van der Waals surface area contributed by atoms with Gasteiger partial charge >= 0.3 is 0 Å². The van der Waals surface area contributed by atoms with Crippen LogP contribution in [0.15, 0.2) is 95.5 Å². The normalized spacial score (nSPS) is 23.5. The standard InChI is InChI=1S/C30H29ClN2O3/c31-25-12-7-13-26(18-25)35-28-21-33(16-14-22(28)15-17-33)20-27-19-32-29(36-27)30(34,23-8-3-1-4-9-23)24-10-5-2-6-11-24/h1-13,18-19,22,28H,14-17,20-21H2/t22?,28-,33?/m0/s1. The molecule has 184 valence electrons. The number of ether oxygens (including phenoxy) is 1. The number of piperidine rings is 3. The van der Waals surface area contributed by atoms with E-state index in [-0.39, 0.29) is 12.0 Å². The summed E-state index contributed by atoms with van der Waals surface area (Å²) in [6.07, 6.45) is 4.12. The van der Waals surface area contributed by atoms with Gasteiger partial charge < -0.3 is 18.7 Å². The second kappa shape index (κ2) is 9.40. The Balaban J connectivity index is 1.26. The highest BCUT2D eigenvalue weighted by Gasteiger charge is 2.47. The van der Waals surface area contributed by atoms with Crippen molar-refractivity contribution in [3.05, 3.63) is 119 Å². The summed E-state index contributed by atoms with van der Waals surface area (Å²) in [5.74, 6) is 2.31. The minimum absolute atomic E-state index is 0.139. The number of benzene rings is 3. The molecule has 3 aliphatic rings. The molecule has 7 rings (SSSR count). The summed E-state index contributed by atoms with van der Waals surface area (Å²) >= 11 is 6.18. The van der Waals surface area contributed by atoms with Gasteiger partial charge in [0.2, 0.25) is 0 Å². The quantitative estimate of drug-likeness (QED) is 0.328. The molecule has 36 heavy (non-hydrogen) atoms. The van der Waals surface area contributed by atoms with E-state index in [1.165, 1.54) is 0 Å². The number of aromatic nitrogens is 1. The molecule has 0 aliphatic carbocycles. The largest absolute Gasteiger partial charge is 0.836 e. The van der Waals surface area contributed by atoms with Gasteiger partial charge in [-0.1, -0.05) is 78.3 Å². The highest BCUT2D eigenvalue weighted by atomic mass is 35.5. The molecule has 3 aliphatic heterocycles. The van der Waals surface area contributed by atoms with E-state index in [0.717, 1.165) is 48.5 Å². The average molecular weight is 501 g/mol. The Morgan fingerprint density at radius 1 is 0.944 bits per heavy atom. The monoisotopic (exact) mass is 500 g/mol. The SMILES string of the molecule is [O-]C(c1ccccc1)(c1ccccc1)c1ncc(C[N+]23CCC(CC2)[C@@H](Oc2cccc(Cl)c2)C3)o1. The smallest absolute Gasteiger partial charge is 0.193 e. The van der Waals surface area contributed by atoms with Crippen molar-refractivity contribution in [3.8, 4) is 5.75 Å². The Labute approximate surface area is 216 Å². The zero-order chi connectivity index (χ0) is 24.6. The molecule has 4 heterocycles. The molecule has 6 heteroatoms. The first-order chi connectivity index (χ1) is 17.5. The van der Waals surface area contributed by atoms with Gasteiger partial charge in [-0.2, -0.15) is 0 Å². The second-order valence-electron chi connectivity index (χ2n) is 10.1. The Hall–Kier alpha value is -3.12. The van der Waals surface area contributed by atoms with Crippen LogP contribution in [0.1, 0.15) is 35.6 Å². The van der Waals surface area contributed by atoms with E-state index in [1.807, 2.05) is 84.9 Å². The maximum absolute atomic E-state index is 14.5. The molecule has 2 bridgehead atoms. The van der Waals surface area contributed by atoms with E-state index in [4.69, 9.17) is 20.8 Å². The van der Waals surface area contributed by atoms with Crippen LogP contribution in [0.25, 0.3) is 0 Å². The molecule has 0 saturated carbocycles. The third-order valence-corrected chi connectivity index (χ3v) is 8.07. The predicted molar refractivity (Wildman–Crippen MR) is 136 cm³/mol. The number of hydrogen-bond donors (Lipinski definition) is 0. The van der Waals surface area contributed by atoms with Crippen molar-refractivity contribution in [1.82, 2.24) is 4.98 Å². The van der Waals surface area contributed by atoms with Crippen molar-refractivity contribution in [2.75, 3.05) is 19.6 Å². The van der Waals surface area contributed by atoms with Crippen LogP contribution < -0.4 is 9.84 Å². The third kappa shape index (κ3) is 4.32. The minimum atomic E-state index is -1.71. The summed E-state index contributed by atoms with van der Waals surface area (Å²) in [4.78, 5) is 4.55. The Bertz CT molecular complexity index is 1280. The number of hydrogen-bond acceptors (Lipinski definition) is 4. The van der Waals surface area contributed by atoms with E-state index in [2.05, 4.69) is 4.98 Å². The van der Waals surface area contributed by atoms with Crippen molar-refractivity contribution >= 4 is 11.6 Å². The van der Waals surface area contributed by atoms with Gasteiger partial charge in [0.1, 0.15) is 18.8 Å². The summed E-state index contributed by atoms with van der Waals surface area (Å²) in [5, 5.41) is 15.1. The first-order valence-electron chi connectivity index (χ1n) is 12.6. The van der Waals surface area contributed by atoms with Gasteiger partial charge in [-0.25, -0.2) is 4.98 Å². The first kappa shape index (κ1) is 23.3. The summed E-state index contributed by atoms with van der Waals surface area (Å²) < 4.78 is 13.6. The Morgan fingerprint density at radius 2 is 1.61 bits per heavy atom. The third-order valence-electron chi connectivity index (χ3n) is 7.83. The van der Waals surface area contributed by atoms with Crippen molar-refractivity contribution in [3.63, 3.8) is 0 Å². The summed E-state index contributed by atoms with van der Waals surface area (Å²) in [7, 11) is 0. The lowest BCUT2D eigenvalue weighted by Crippen LogP contribution is -2.64. The molecular weight excluding hydrogens is 472 g/mol. The number of quaternary nitrogens is 1.